The van der Waals surface area contributed by atoms with E-state index >= 15 is 0 Å². The molecule has 0 amide bonds. The summed E-state index contributed by atoms with van der Waals surface area (Å²) in [6.45, 7) is 5.88. The van der Waals surface area contributed by atoms with Gasteiger partial charge in [-0.25, -0.2) is 0 Å². The van der Waals surface area contributed by atoms with Gasteiger partial charge >= 0.3 is 0 Å². The Hall–Kier alpha value is -0.120. The molecule has 2 rings (SSSR count). The molecule has 1 aliphatic carbocycles. The maximum atomic E-state index is 5.66. The molecular formula is C14H27NO2. The van der Waals surface area contributed by atoms with Crippen LogP contribution in [-0.4, -0.2) is 38.5 Å². The van der Waals surface area contributed by atoms with E-state index in [-0.39, 0.29) is 0 Å². The molecule has 3 heteroatoms. The first kappa shape index (κ1) is 13.3. The Bertz CT molecular complexity index is 204. The zero-order valence-corrected chi connectivity index (χ0v) is 11.1. The summed E-state index contributed by atoms with van der Waals surface area (Å²) in [7, 11) is 0. The molecule has 0 aromatic carbocycles. The van der Waals surface area contributed by atoms with Crippen LogP contribution in [-0.2, 0) is 9.47 Å². The number of rotatable bonds is 6. The van der Waals surface area contributed by atoms with Crippen LogP contribution in [0, 0.1) is 5.92 Å². The minimum Gasteiger partial charge on any atom is -0.377 e. The highest BCUT2D eigenvalue weighted by Crippen LogP contribution is 2.23. The Labute approximate surface area is 105 Å². The average molecular weight is 241 g/mol. The van der Waals surface area contributed by atoms with Gasteiger partial charge in [0.2, 0.25) is 0 Å². The summed E-state index contributed by atoms with van der Waals surface area (Å²) < 4.78 is 11.2. The van der Waals surface area contributed by atoms with Crippen LogP contribution in [0.4, 0.5) is 0 Å². The van der Waals surface area contributed by atoms with Gasteiger partial charge in [-0.1, -0.05) is 19.8 Å². The van der Waals surface area contributed by atoms with Crippen LogP contribution in [0.15, 0.2) is 0 Å². The molecular weight excluding hydrogens is 214 g/mol. The lowest BCUT2D eigenvalue weighted by Crippen LogP contribution is -2.39. The van der Waals surface area contributed by atoms with Gasteiger partial charge in [-0.2, -0.15) is 0 Å². The summed E-state index contributed by atoms with van der Waals surface area (Å²) in [4.78, 5) is 0. The zero-order valence-electron chi connectivity index (χ0n) is 11.1. The monoisotopic (exact) mass is 241 g/mol. The molecule has 0 bridgehead atoms. The van der Waals surface area contributed by atoms with E-state index in [0.29, 0.717) is 6.10 Å². The van der Waals surface area contributed by atoms with E-state index < -0.39 is 0 Å². The molecule has 3 nitrogen and oxygen atoms in total. The lowest BCUT2D eigenvalue weighted by atomic mass is 9.86. The molecule has 17 heavy (non-hydrogen) atoms. The van der Waals surface area contributed by atoms with Gasteiger partial charge in [-0.15, -0.1) is 0 Å². The van der Waals surface area contributed by atoms with Gasteiger partial charge in [0, 0.05) is 19.2 Å². The molecule has 0 radical (unpaired) electrons. The first-order chi connectivity index (χ1) is 8.36. The molecule has 0 spiro atoms. The molecule has 0 aromatic heterocycles. The summed E-state index contributed by atoms with van der Waals surface area (Å²) in [6, 6.07) is 0.718. The Kier molecular flexibility index (Phi) is 5.75. The van der Waals surface area contributed by atoms with Crippen molar-refractivity contribution in [2.75, 3.05) is 26.4 Å². The average Bonchev–Trinajstić information content (AvgIpc) is 2.84. The number of ether oxygens (including phenoxy) is 2. The molecule has 2 aliphatic rings. The summed E-state index contributed by atoms with van der Waals surface area (Å²) in [5.41, 5.74) is 0. The smallest absolute Gasteiger partial charge is 0.0809 e. The molecule has 1 aliphatic heterocycles. The molecule has 1 N–H and O–H groups in total. The second-order valence-electron chi connectivity index (χ2n) is 5.53. The van der Waals surface area contributed by atoms with E-state index in [1.165, 1.54) is 38.5 Å². The van der Waals surface area contributed by atoms with Crippen molar-refractivity contribution in [3.8, 4) is 0 Å². The van der Waals surface area contributed by atoms with Crippen molar-refractivity contribution in [2.45, 2.75) is 57.6 Å². The first-order valence-electron chi connectivity index (χ1n) is 7.29. The molecule has 0 aromatic rings. The maximum Gasteiger partial charge on any atom is 0.0809 e. The third kappa shape index (κ3) is 4.57. The van der Waals surface area contributed by atoms with Crippen LogP contribution in [0.1, 0.15) is 45.4 Å². The van der Waals surface area contributed by atoms with Crippen molar-refractivity contribution >= 4 is 0 Å². The number of hydrogen-bond acceptors (Lipinski definition) is 3. The van der Waals surface area contributed by atoms with Crippen LogP contribution in [0.25, 0.3) is 0 Å². The molecule has 3 atom stereocenters. The minimum atomic E-state index is 0.364. The van der Waals surface area contributed by atoms with Crippen LogP contribution >= 0.6 is 0 Å². The van der Waals surface area contributed by atoms with Gasteiger partial charge in [0.15, 0.2) is 0 Å². The van der Waals surface area contributed by atoms with Gasteiger partial charge in [-0.05, 0) is 31.6 Å². The molecule has 1 saturated heterocycles. The van der Waals surface area contributed by atoms with Crippen molar-refractivity contribution in [3.63, 3.8) is 0 Å². The van der Waals surface area contributed by atoms with Crippen molar-refractivity contribution in [2.24, 2.45) is 5.92 Å². The standard InChI is InChI=1S/C14H27NO2/c1-12-5-2-3-7-14(12)15-8-10-16-11-13-6-4-9-17-13/h12-15H,2-11H2,1H3. The highest BCUT2D eigenvalue weighted by atomic mass is 16.5. The molecule has 2 fully saturated rings. The van der Waals surface area contributed by atoms with Gasteiger partial charge in [0.25, 0.3) is 0 Å². The van der Waals surface area contributed by atoms with Crippen LogP contribution in [0.2, 0.25) is 0 Å². The van der Waals surface area contributed by atoms with E-state index in [1.807, 2.05) is 0 Å². The van der Waals surface area contributed by atoms with Gasteiger partial charge < -0.3 is 14.8 Å². The second kappa shape index (κ2) is 7.34. The van der Waals surface area contributed by atoms with Crippen molar-refractivity contribution in [1.82, 2.24) is 5.32 Å². The van der Waals surface area contributed by atoms with Crippen molar-refractivity contribution in [3.05, 3.63) is 0 Å². The SMILES string of the molecule is CC1CCCCC1NCCOCC1CCCO1. The van der Waals surface area contributed by atoms with E-state index in [2.05, 4.69) is 12.2 Å². The largest absolute Gasteiger partial charge is 0.377 e. The molecule has 3 unspecified atom stereocenters. The normalized spacial score (nSPS) is 34.1. The highest BCUT2D eigenvalue weighted by Gasteiger charge is 2.20. The number of nitrogens with one attached hydrogen (secondary N) is 1. The van der Waals surface area contributed by atoms with E-state index in [1.54, 1.807) is 0 Å². The van der Waals surface area contributed by atoms with Gasteiger partial charge in [0.1, 0.15) is 0 Å². The Balaban J connectivity index is 1.47. The van der Waals surface area contributed by atoms with E-state index in [0.717, 1.165) is 38.3 Å². The predicted octanol–water partition coefficient (Wildman–Crippen LogP) is 2.35. The lowest BCUT2D eigenvalue weighted by molar-refractivity contribution is 0.0172. The van der Waals surface area contributed by atoms with E-state index in [4.69, 9.17) is 9.47 Å². The van der Waals surface area contributed by atoms with Crippen LogP contribution < -0.4 is 5.32 Å². The third-order valence-corrected chi connectivity index (χ3v) is 4.09. The summed E-state index contributed by atoms with van der Waals surface area (Å²) in [5.74, 6) is 0.835. The molecule has 1 heterocycles. The predicted molar refractivity (Wildman–Crippen MR) is 69.2 cm³/mol. The van der Waals surface area contributed by atoms with Gasteiger partial charge in [0.05, 0.1) is 19.3 Å². The van der Waals surface area contributed by atoms with Crippen LogP contribution in [0.5, 0.6) is 0 Å². The van der Waals surface area contributed by atoms with Crippen LogP contribution in [0.3, 0.4) is 0 Å². The molecule has 100 valence electrons. The fourth-order valence-corrected chi connectivity index (χ4v) is 2.93. The first-order valence-corrected chi connectivity index (χ1v) is 7.29. The zero-order chi connectivity index (χ0) is 11.9. The fraction of sp³-hybridized carbons (Fsp3) is 1.00. The fourth-order valence-electron chi connectivity index (χ4n) is 2.93. The summed E-state index contributed by atoms with van der Waals surface area (Å²) >= 11 is 0. The van der Waals surface area contributed by atoms with E-state index in [9.17, 15) is 0 Å². The Morgan fingerprint density at radius 2 is 2.06 bits per heavy atom. The Morgan fingerprint density at radius 1 is 1.18 bits per heavy atom. The number of hydrogen-bond donors (Lipinski definition) is 1. The minimum absolute atomic E-state index is 0.364. The quantitative estimate of drug-likeness (QED) is 0.724. The second-order valence-corrected chi connectivity index (χ2v) is 5.53. The third-order valence-electron chi connectivity index (χ3n) is 4.09. The molecule has 1 saturated carbocycles. The maximum absolute atomic E-state index is 5.66. The topological polar surface area (TPSA) is 30.5 Å². The van der Waals surface area contributed by atoms with Crippen molar-refractivity contribution in [1.29, 1.82) is 0 Å². The lowest BCUT2D eigenvalue weighted by Gasteiger charge is -2.29. The van der Waals surface area contributed by atoms with Gasteiger partial charge in [-0.3, -0.25) is 0 Å². The Morgan fingerprint density at radius 3 is 2.82 bits per heavy atom. The highest BCUT2D eigenvalue weighted by molar-refractivity contribution is 4.77. The van der Waals surface area contributed by atoms with Crippen molar-refractivity contribution < 1.29 is 9.47 Å². The summed E-state index contributed by atoms with van der Waals surface area (Å²) in [5, 5.41) is 3.63. The summed E-state index contributed by atoms with van der Waals surface area (Å²) in [6.07, 6.45) is 8.26.